The summed E-state index contributed by atoms with van der Waals surface area (Å²) in [6, 6.07) is 10.1. The second kappa shape index (κ2) is 6.59. The highest BCUT2D eigenvalue weighted by Gasteiger charge is 2.42. The lowest BCUT2D eigenvalue weighted by Gasteiger charge is -2.19. The summed E-state index contributed by atoms with van der Waals surface area (Å²) in [7, 11) is 3.16. The zero-order chi connectivity index (χ0) is 19.1. The minimum absolute atomic E-state index is 0.159. The van der Waals surface area contributed by atoms with E-state index in [-0.39, 0.29) is 24.8 Å². The summed E-state index contributed by atoms with van der Waals surface area (Å²) in [5.74, 6) is 0.754. The van der Waals surface area contributed by atoms with E-state index in [9.17, 15) is 14.7 Å². The highest BCUT2D eigenvalue weighted by molar-refractivity contribution is 6.10. The van der Waals surface area contributed by atoms with E-state index in [1.807, 2.05) is 18.2 Å². The number of hydrogen-bond donors (Lipinski definition) is 2. The van der Waals surface area contributed by atoms with Gasteiger partial charge in [-0.1, -0.05) is 6.07 Å². The standard InChI is InChI=1S/C20H20N2O5/c1-26-13-4-5-14(18(9-13)27-2)11-3-6-16-15(7-11)20(25)22-10-12(23)8-17(22)19(24)21-16/h3-7,9,12,17,23H,8,10H2,1-2H3,(H,21,24)/t12-,17+/m1/s1. The van der Waals surface area contributed by atoms with Gasteiger partial charge in [-0.05, 0) is 29.8 Å². The van der Waals surface area contributed by atoms with E-state index in [1.165, 1.54) is 4.90 Å². The van der Waals surface area contributed by atoms with Gasteiger partial charge in [-0.2, -0.15) is 0 Å². The Labute approximate surface area is 156 Å². The summed E-state index contributed by atoms with van der Waals surface area (Å²) in [6.07, 6.45) is -0.429. The van der Waals surface area contributed by atoms with Crippen LogP contribution in [0.4, 0.5) is 5.69 Å². The summed E-state index contributed by atoms with van der Waals surface area (Å²) >= 11 is 0. The van der Waals surface area contributed by atoms with Crippen molar-refractivity contribution in [3.63, 3.8) is 0 Å². The van der Waals surface area contributed by atoms with Gasteiger partial charge < -0.3 is 24.8 Å². The highest BCUT2D eigenvalue weighted by atomic mass is 16.5. The number of hydrogen-bond acceptors (Lipinski definition) is 5. The number of methoxy groups -OCH3 is 2. The molecule has 0 spiro atoms. The molecule has 1 saturated heterocycles. The highest BCUT2D eigenvalue weighted by Crippen LogP contribution is 2.37. The summed E-state index contributed by atoms with van der Waals surface area (Å²) in [6.45, 7) is 0.159. The van der Waals surface area contributed by atoms with Crippen LogP contribution in [-0.2, 0) is 4.79 Å². The molecule has 2 aromatic rings. The van der Waals surface area contributed by atoms with Gasteiger partial charge in [0.1, 0.15) is 17.5 Å². The predicted octanol–water partition coefficient (Wildman–Crippen LogP) is 1.90. The number of amides is 2. The number of carbonyl (C=O) groups is 2. The van der Waals surface area contributed by atoms with Gasteiger partial charge in [0, 0.05) is 24.6 Å². The van der Waals surface area contributed by atoms with Crippen LogP contribution in [0.5, 0.6) is 11.5 Å². The Hall–Kier alpha value is -3.06. The molecule has 0 unspecified atom stereocenters. The van der Waals surface area contributed by atoms with E-state index < -0.39 is 12.1 Å². The molecule has 0 saturated carbocycles. The maximum absolute atomic E-state index is 13.0. The monoisotopic (exact) mass is 368 g/mol. The van der Waals surface area contributed by atoms with Gasteiger partial charge in [0.2, 0.25) is 5.91 Å². The van der Waals surface area contributed by atoms with E-state index in [4.69, 9.17) is 9.47 Å². The number of benzene rings is 2. The zero-order valence-electron chi connectivity index (χ0n) is 15.1. The first kappa shape index (κ1) is 17.4. The Balaban J connectivity index is 1.79. The number of anilines is 1. The second-order valence-electron chi connectivity index (χ2n) is 6.68. The van der Waals surface area contributed by atoms with E-state index >= 15 is 0 Å². The third-order valence-corrected chi connectivity index (χ3v) is 5.07. The number of aliphatic hydroxyl groups is 1. The van der Waals surface area contributed by atoms with Crippen LogP contribution in [0.3, 0.4) is 0 Å². The van der Waals surface area contributed by atoms with Crippen LogP contribution in [0, 0.1) is 0 Å². The molecule has 2 aliphatic rings. The second-order valence-corrected chi connectivity index (χ2v) is 6.68. The zero-order valence-corrected chi connectivity index (χ0v) is 15.1. The number of fused-ring (bicyclic) bond motifs is 2. The van der Waals surface area contributed by atoms with Crippen LogP contribution in [0.25, 0.3) is 11.1 Å². The van der Waals surface area contributed by atoms with E-state index in [1.54, 1.807) is 32.4 Å². The molecular formula is C20H20N2O5. The third kappa shape index (κ3) is 2.90. The predicted molar refractivity (Wildman–Crippen MR) is 99.1 cm³/mol. The fourth-order valence-electron chi connectivity index (χ4n) is 3.69. The van der Waals surface area contributed by atoms with Crippen molar-refractivity contribution in [1.82, 2.24) is 4.90 Å². The van der Waals surface area contributed by atoms with Crippen LogP contribution in [-0.4, -0.2) is 54.7 Å². The number of rotatable bonds is 3. The van der Waals surface area contributed by atoms with Crippen molar-refractivity contribution in [2.45, 2.75) is 18.6 Å². The molecule has 2 atom stereocenters. The molecule has 4 rings (SSSR count). The third-order valence-electron chi connectivity index (χ3n) is 5.07. The summed E-state index contributed by atoms with van der Waals surface area (Å²) in [5.41, 5.74) is 2.47. The topological polar surface area (TPSA) is 88.1 Å². The maximum atomic E-state index is 13.0. The maximum Gasteiger partial charge on any atom is 0.256 e. The molecule has 0 aromatic heterocycles. The van der Waals surface area contributed by atoms with Gasteiger partial charge in [-0.3, -0.25) is 9.59 Å². The Bertz CT molecular complexity index is 927. The lowest BCUT2D eigenvalue weighted by atomic mass is 10.00. The van der Waals surface area contributed by atoms with Crippen molar-refractivity contribution in [3.05, 3.63) is 42.0 Å². The van der Waals surface area contributed by atoms with Crippen LogP contribution in [0.2, 0.25) is 0 Å². The number of aliphatic hydroxyl groups excluding tert-OH is 1. The first-order chi connectivity index (χ1) is 13.0. The molecule has 140 valence electrons. The van der Waals surface area contributed by atoms with Crippen LogP contribution in [0.1, 0.15) is 16.8 Å². The smallest absolute Gasteiger partial charge is 0.256 e. The largest absolute Gasteiger partial charge is 0.497 e. The van der Waals surface area contributed by atoms with Crippen molar-refractivity contribution in [2.75, 3.05) is 26.1 Å². The van der Waals surface area contributed by atoms with Crippen LogP contribution >= 0.6 is 0 Å². The van der Waals surface area contributed by atoms with Gasteiger partial charge in [-0.25, -0.2) is 0 Å². The Morgan fingerprint density at radius 3 is 2.63 bits per heavy atom. The first-order valence-electron chi connectivity index (χ1n) is 8.68. The number of nitrogens with zero attached hydrogens (tertiary/aromatic N) is 1. The van der Waals surface area contributed by atoms with Gasteiger partial charge >= 0.3 is 0 Å². The Kier molecular flexibility index (Phi) is 4.24. The van der Waals surface area contributed by atoms with E-state index in [2.05, 4.69) is 5.32 Å². The Morgan fingerprint density at radius 1 is 1.07 bits per heavy atom. The normalized spacial score (nSPS) is 21.2. The minimum Gasteiger partial charge on any atom is -0.497 e. The fraction of sp³-hybridized carbons (Fsp3) is 0.300. The average Bonchev–Trinajstić information content (AvgIpc) is 3.05. The van der Waals surface area contributed by atoms with E-state index in [0.29, 0.717) is 22.7 Å². The van der Waals surface area contributed by atoms with Gasteiger partial charge in [0.15, 0.2) is 0 Å². The molecule has 7 heteroatoms. The number of carbonyl (C=O) groups excluding carboxylic acids is 2. The molecule has 0 radical (unpaired) electrons. The molecule has 2 amide bonds. The first-order valence-corrected chi connectivity index (χ1v) is 8.68. The number of ether oxygens (including phenoxy) is 2. The minimum atomic E-state index is -0.684. The molecular weight excluding hydrogens is 348 g/mol. The lowest BCUT2D eigenvalue weighted by Crippen LogP contribution is -2.40. The van der Waals surface area contributed by atoms with Crippen LogP contribution in [0.15, 0.2) is 36.4 Å². The van der Waals surface area contributed by atoms with Crippen molar-refractivity contribution in [1.29, 1.82) is 0 Å². The Morgan fingerprint density at radius 2 is 1.89 bits per heavy atom. The van der Waals surface area contributed by atoms with Crippen LogP contribution < -0.4 is 14.8 Å². The molecule has 0 bridgehead atoms. The average molecular weight is 368 g/mol. The number of nitrogens with one attached hydrogen (secondary N) is 1. The van der Waals surface area contributed by atoms with Crippen molar-refractivity contribution in [3.8, 4) is 22.6 Å². The quantitative estimate of drug-likeness (QED) is 0.864. The molecule has 2 N–H and O–H groups in total. The molecule has 2 heterocycles. The van der Waals surface area contributed by atoms with Crippen molar-refractivity contribution in [2.24, 2.45) is 0 Å². The van der Waals surface area contributed by atoms with Gasteiger partial charge in [0.05, 0.1) is 31.6 Å². The SMILES string of the molecule is COc1ccc(-c2ccc3c(c2)C(=O)N2C[C@H](O)C[C@H]2C(=O)N3)c(OC)c1. The summed E-state index contributed by atoms with van der Waals surface area (Å²) < 4.78 is 10.7. The van der Waals surface area contributed by atoms with Gasteiger partial charge in [0.25, 0.3) is 5.91 Å². The van der Waals surface area contributed by atoms with E-state index in [0.717, 1.165) is 11.1 Å². The van der Waals surface area contributed by atoms with Gasteiger partial charge in [-0.15, -0.1) is 0 Å². The molecule has 1 fully saturated rings. The molecule has 2 aromatic carbocycles. The fourth-order valence-corrected chi connectivity index (χ4v) is 3.69. The lowest BCUT2D eigenvalue weighted by molar-refractivity contribution is -0.119. The summed E-state index contributed by atoms with van der Waals surface area (Å²) in [5, 5.41) is 12.7. The van der Waals surface area contributed by atoms with Crippen molar-refractivity contribution >= 4 is 17.5 Å². The molecule has 7 nitrogen and oxygen atoms in total. The molecule has 2 aliphatic heterocycles. The summed E-state index contributed by atoms with van der Waals surface area (Å²) in [4.78, 5) is 26.9. The molecule has 0 aliphatic carbocycles. The van der Waals surface area contributed by atoms with Crippen molar-refractivity contribution < 1.29 is 24.2 Å². The molecule has 27 heavy (non-hydrogen) atoms.